The Balaban J connectivity index is 2.66. The van der Waals surface area contributed by atoms with Crippen molar-refractivity contribution in [3.8, 4) is 11.1 Å². The Hall–Kier alpha value is -0.640. The third-order valence-corrected chi connectivity index (χ3v) is 3.76. The number of hydrogen-bond acceptors (Lipinski definition) is 1. The first-order valence-corrected chi connectivity index (χ1v) is 7.25. The Labute approximate surface area is 124 Å². The third kappa shape index (κ3) is 3.02. The summed E-state index contributed by atoms with van der Waals surface area (Å²) in [5.41, 5.74) is 2.18. The number of benzene rings is 2. The molecule has 1 nitrogen and oxygen atoms in total. The molecule has 0 unspecified atom stereocenters. The summed E-state index contributed by atoms with van der Waals surface area (Å²) in [5, 5.41) is 10.3. The molecule has 0 fully saturated rings. The van der Waals surface area contributed by atoms with Crippen molar-refractivity contribution < 1.29 is 5.11 Å². The lowest BCUT2D eigenvalue weighted by atomic mass is 9.90. The van der Waals surface area contributed by atoms with Crippen molar-refractivity contribution in [3.63, 3.8) is 0 Å². The van der Waals surface area contributed by atoms with Gasteiger partial charge in [0, 0.05) is 8.95 Å². The van der Waals surface area contributed by atoms with Crippen LogP contribution in [0.1, 0.15) is 19.4 Å². The summed E-state index contributed by atoms with van der Waals surface area (Å²) in [4.78, 5) is 0. The molecule has 0 saturated heterocycles. The first kappa shape index (κ1) is 13.8. The smallest absolute Gasteiger partial charge is 0.0846 e. The van der Waals surface area contributed by atoms with Crippen molar-refractivity contribution in [3.05, 3.63) is 57.0 Å². The normalized spacial score (nSPS) is 11.6. The molecule has 0 saturated carbocycles. The zero-order chi connectivity index (χ0) is 13.3. The second-order valence-electron chi connectivity index (χ2n) is 4.76. The van der Waals surface area contributed by atoms with Crippen LogP contribution in [-0.2, 0) is 5.60 Å². The maximum atomic E-state index is 10.3. The lowest BCUT2D eigenvalue weighted by Gasteiger charge is -2.22. The molecule has 0 heterocycles. The molecule has 3 heteroatoms. The molecule has 1 N–H and O–H groups in total. The van der Waals surface area contributed by atoms with Crippen molar-refractivity contribution in [1.29, 1.82) is 0 Å². The van der Waals surface area contributed by atoms with Gasteiger partial charge in [-0.2, -0.15) is 0 Å². The maximum Gasteiger partial charge on any atom is 0.0846 e. The van der Waals surface area contributed by atoms with E-state index in [9.17, 15) is 5.11 Å². The number of hydrogen-bond donors (Lipinski definition) is 1. The fourth-order valence-corrected chi connectivity index (χ4v) is 2.71. The quantitative estimate of drug-likeness (QED) is 0.780. The van der Waals surface area contributed by atoms with Gasteiger partial charge in [-0.1, -0.05) is 50.1 Å². The molecule has 0 aromatic heterocycles. The van der Waals surface area contributed by atoms with Gasteiger partial charge in [-0.15, -0.1) is 0 Å². The molecule has 2 aromatic carbocycles. The Bertz CT molecular complexity index is 571. The van der Waals surface area contributed by atoms with Gasteiger partial charge in [0.05, 0.1) is 5.60 Å². The van der Waals surface area contributed by atoms with E-state index < -0.39 is 5.60 Å². The van der Waals surface area contributed by atoms with E-state index in [1.165, 1.54) is 0 Å². The molecule has 0 aliphatic rings. The first-order chi connectivity index (χ1) is 8.38. The van der Waals surface area contributed by atoms with Crippen LogP contribution < -0.4 is 0 Å². The zero-order valence-corrected chi connectivity index (χ0v) is 13.4. The minimum Gasteiger partial charge on any atom is -0.386 e. The van der Waals surface area contributed by atoms with Crippen molar-refractivity contribution in [2.75, 3.05) is 0 Å². The van der Waals surface area contributed by atoms with Gasteiger partial charge >= 0.3 is 0 Å². The molecule has 0 spiro atoms. The van der Waals surface area contributed by atoms with E-state index in [1.807, 2.05) is 36.4 Å². The summed E-state index contributed by atoms with van der Waals surface area (Å²) in [7, 11) is 0. The topological polar surface area (TPSA) is 20.2 Å². The minimum atomic E-state index is -0.863. The van der Waals surface area contributed by atoms with Gasteiger partial charge in [0.2, 0.25) is 0 Å². The predicted molar refractivity (Wildman–Crippen MR) is 82.5 cm³/mol. The van der Waals surface area contributed by atoms with Gasteiger partial charge in [-0.25, -0.2) is 0 Å². The average molecular weight is 370 g/mol. The molecule has 0 aliphatic heterocycles. The molecule has 2 aromatic rings. The summed E-state index contributed by atoms with van der Waals surface area (Å²) < 4.78 is 2.03. The fraction of sp³-hybridized carbons (Fsp3) is 0.200. The van der Waals surface area contributed by atoms with Gasteiger partial charge in [0.25, 0.3) is 0 Å². The van der Waals surface area contributed by atoms with Gasteiger partial charge in [0.1, 0.15) is 0 Å². The first-order valence-electron chi connectivity index (χ1n) is 5.66. The maximum absolute atomic E-state index is 10.3. The molecule has 2 rings (SSSR count). The molecule has 0 radical (unpaired) electrons. The molecular weight excluding hydrogens is 356 g/mol. The Morgan fingerprint density at radius 1 is 0.944 bits per heavy atom. The van der Waals surface area contributed by atoms with Gasteiger partial charge in [-0.3, -0.25) is 0 Å². The average Bonchev–Trinajstić information content (AvgIpc) is 2.27. The Kier molecular flexibility index (Phi) is 3.95. The van der Waals surface area contributed by atoms with E-state index in [4.69, 9.17) is 0 Å². The summed E-state index contributed by atoms with van der Waals surface area (Å²) in [6, 6.07) is 14.0. The van der Waals surface area contributed by atoms with Crippen molar-refractivity contribution in [2.24, 2.45) is 0 Å². The summed E-state index contributed by atoms with van der Waals surface area (Å²) in [6.07, 6.45) is 0. The van der Waals surface area contributed by atoms with Crippen LogP contribution in [0.5, 0.6) is 0 Å². The van der Waals surface area contributed by atoms with E-state index in [0.29, 0.717) is 0 Å². The predicted octanol–water partition coefficient (Wildman–Crippen LogP) is 5.11. The molecule has 18 heavy (non-hydrogen) atoms. The zero-order valence-electron chi connectivity index (χ0n) is 10.2. The molecule has 0 amide bonds. The number of halogens is 2. The van der Waals surface area contributed by atoms with Crippen LogP contribution in [0.4, 0.5) is 0 Å². The number of aliphatic hydroxyl groups is 1. The lowest BCUT2D eigenvalue weighted by molar-refractivity contribution is 0.0792. The van der Waals surface area contributed by atoms with Crippen LogP contribution in [0.15, 0.2) is 51.4 Å². The van der Waals surface area contributed by atoms with Crippen molar-refractivity contribution in [1.82, 2.24) is 0 Å². The van der Waals surface area contributed by atoms with Crippen molar-refractivity contribution in [2.45, 2.75) is 19.4 Å². The minimum absolute atomic E-state index is 0.863. The van der Waals surface area contributed by atoms with E-state index in [-0.39, 0.29) is 0 Å². The van der Waals surface area contributed by atoms with E-state index >= 15 is 0 Å². The Morgan fingerprint density at radius 2 is 1.61 bits per heavy atom. The standard InChI is InChI=1S/C15H14Br2O/c1-15(2,18)14-7-6-12(17)9-13(14)10-4-3-5-11(16)8-10/h3-9,18H,1-2H3. The highest BCUT2D eigenvalue weighted by atomic mass is 79.9. The molecule has 0 aliphatic carbocycles. The van der Waals surface area contributed by atoms with Gasteiger partial charge in [0.15, 0.2) is 0 Å². The Morgan fingerprint density at radius 3 is 2.22 bits per heavy atom. The molecular formula is C15H14Br2O. The highest BCUT2D eigenvalue weighted by molar-refractivity contribution is 9.10. The second-order valence-corrected chi connectivity index (χ2v) is 6.59. The summed E-state index contributed by atoms with van der Waals surface area (Å²) >= 11 is 6.96. The van der Waals surface area contributed by atoms with E-state index in [0.717, 1.165) is 25.6 Å². The van der Waals surface area contributed by atoms with Gasteiger partial charge in [-0.05, 0) is 54.8 Å². The lowest BCUT2D eigenvalue weighted by Crippen LogP contribution is -2.16. The van der Waals surface area contributed by atoms with Crippen LogP contribution in [0.2, 0.25) is 0 Å². The van der Waals surface area contributed by atoms with E-state index in [2.05, 4.69) is 37.9 Å². The SMILES string of the molecule is CC(C)(O)c1ccc(Br)cc1-c1cccc(Br)c1. The summed E-state index contributed by atoms with van der Waals surface area (Å²) in [5.74, 6) is 0. The van der Waals surface area contributed by atoms with Crippen LogP contribution >= 0.6 is 31.9 Å². The monoisotopic (exact) mass is 368 g/mol. The molecule has 94 valence electrons. The molecule has 0 bridgehead atoms. The van der Waals surface area contributed by atoms with E-state index in [1.54, 1.807) is 13.8 Å². The fourth-order valence-electron chi connectivity index (χ4n) is 1.94. The third-order valence-electron chi connectivity index (χ3n) is 2.78. The largest absolute Gasteiger partial charge is 0.386 e. The highest BCUT2D eigenvalue weighted by Crippen LogP contribution is 2.34. The van der Waals surface area contributed by atoms with Crippen molar-refractivity contribution >= 4 is 31.9 Å². The van der Waals surface area contributed by atoms with Crippen LogP contribution in [0.3, 0.4) is 0 Å². The summed E-state index contributed by atoms with van der Waals surface area (Å²) in [6.45, 7) is 3.61. The second kappa shape index (κ2) is 5.16. The van der Waals surface area contributed by atoms with Crippen LogP contribution in [0.25, 0.3) is 11.1 Å². The van der Waals surface area contributed by atoms with Gasteiger partial charge < -0.3 is 5.11 Å². The van der Waals surface area contributed by atoms with Crippen LogP contribution in [-0.4, -0.2) is 5.11 Å². The highest BCUT2D eigenvalue weighted by Gasteiger charge is 2.20. The molecule has 0 atom stereocenters. The number of rotatable bonds is 2. The van der Waals surface area contributed by atoms with Crippen LogP contribution in [0, 0.1) is 0 Å².